The summed E-state index contributed by atoms with van der Waals surface area (Å²) in [5.41, 5.74) is 0.433. The maximum Gasteiger partial charge on any atom is 0.305 e. The molecule has 0 aromatic carbocycles. The van der Waals surface area contributed by atoms with Gasteiger partial charge in [-0.25, -0.2) is 0 Å². The van der Waals surface area contributed by atoms with E-state index in [1.165, 1.54) is 10.4 Å². The summed E-state index contributed by atoms with van der Waals surface area (Å²) in [5.74, 6) is -1.24. The fraction of sp³-hybridized carbons (Fsp3) is 0.611. The zero-order chi connectivity index (χ0) is 18.6. The first-order chi connectivity index (χ1) is 12.5. The van der Waals surface area contributed by atoms with Crippen LogP contribution >= 0.6 is 11.3 Å². The van der Waals surface area contributed by atoms with Crippen molar-refractivity contribution in [3.63, 3.8) is 0 Å². The Bertz CT molecular complexity index is 681. The monoisotopic (exact) mass is 380 g/mol. The van der Waals surface area contributed by atoms with Crippen LogP contribution in [0.4, 0.5) is 0 Å². The van der Waals surface area contributed by atoms with Crippen LogP contribution in [0.5, 0.6) is 0 Å². The summed E-state index contributed by atoms with van der Waals surface area (Å²) in [4.78, 5) is 39.0. The van der Waals surface area contributed by atoms with Crippen LogP contribution in [0.2, 0.25) is 0 Å². The van der Waals surface area contributed by atoms with E-state index in [-0.39, 0.29) is 31.1 Å². The third kappa shape index (κ3) is 4.62. The zero-order valence-electron chi connectivity index (χ0n) is 14.7. The lowest BCUT2D eigenvalue weighted by Crippen LogP contribution is -2.53. The fourth-order valence-electron chi connectivity index (χ4n) is 3.60. The molecule has 0 radical (unpaired) electrons. The highest BCUT2D eigenvalue weighted by Crippen LogP contribution is 2.26. The van der Waals surface area contributed by atoms with Crippen LogP contribution < -0.4 is 5.32 Å². The van der Waals surface area contributed by atoms with Crippen molar-refractivity contribution in [2.75, 3.05) is 19.8 Å². The van der Waals surface area contributed by atoms with Crippen molar-refractivity contribution in [1.29, 1.82) is 0 Å². The highest BCUT2D eigenvalue weighted by molar-refractivity contribution is 7.10. The Balaban J connectivity index is 1.50. The first-order valence-electron chi connectivity index (χ1n) is 8.91. The third-order valence-electron chi connectivity index (χ3n) is 5.07. The Morgan fingerprint density at radius 2 is 2.04 bits per heavy atom. The summed E-state index contributed by atoms with van der Waals surface area (Å²) < 4.78 is 5.28. The Labute approximate surface area is 156 Å². The van der Waals surface area contributed by atoms with Crippen molar-refractivity contribution in [1.82, 2.24) is 10.2 Å². The lowest BCUT2D eigenvalue weighted by Gasteiger charge is -2.37. The molecule has 0 aliphatic carbocycles. The van der Waals surface area contributed by atoms with E-state index in [0.717, 1.165) is 6.42 Å². The maximum atomic E-state index is 12.4. The van der Waals surface area contributed by atoms with Crippen LogP contribution in [0.1, 0.15) is 42.5 Å². The minimum atomic E-state index is -0.942. The first-order valence-corrected chi connectivity index (χ1v) is 9.79. The van der Waals surface area contributed by atoms with Crippen molar-refractivity contribution < 1.29 is 24.2 Å². The van der Waals surface area contributed by atoms with Gasteiger partial charge in [0.1, 0.15) is 0 Å². The molecule has 2 aliphatic rings. The quantitative estimate of drug-likeness (QED) is 0.781. The van der Waals surface area contributed by atoms with Crippen molar-refractivity contribution in [2.45, 2.75) is 50.6 Å². The smallest absolute Gasteiger partial charge is 0.305 e. The Kier molecular flexibility index (Phi) is 5.93. The van der Waals surface area contributed by atoms with Crippen LogP contribution in [0, 0.1) is 0 Å². The fourth-order valence-corrected chi connectivity index (χ4v) is 4.49. The van der Waals surface area contributed by atoms with E-state index < -0.39 is 11.5 Å². The van der Waals surface area contributed by atoms with Crippen molar-refractivity contribution in [2.24, 2.45) is 0 Å². The number of fused-ring (bicyclic) bond motifs is 1. The van der Waals surface area contributed by atoms with Gasteiger partial charge < -0.3 is 20.1 Å². The molecule has 3 heterocycles. The molecular weight excluding hydrogens is 356 g/mol. The van der Waals surface area contributed by atoms with E-state index in [1.807, 2.05) is 11.4 Å². The highest BCUT2D eigenvalue weighted by Gasteiger charge is 2.36. The lowest BCUT2D eigenvalue weighted by atomic mass is 9.86. The summed E-state index contributed by atoms with van der Waals surface area (Å²) in [6, 6.07) is 2.05. The molecule has 142 valence electrons. The number of thiophene rings is 1. The number of carbonyl (C=O) groups is 3. The second-order valence-corrected chi connectivity index (χ2v) is 7.95. The number of carboxylic acid groups (broad SMARTS) is 1. The Hall–Kier alpha value is -1.93. The summed E-state index contributed by atoms with van der Waals surface area (Å²) in [6.45, 7) is 2.17. The molecule has 7 nitrogen and oxygen atoms in total. The first kappa shape index (κ1) is 18.8. The van der Waals surface area contributed by atoms with Gasteiger partial charge >= 0.3 is 5.97 Å². The number of carboxylic acids is 1. The normalized spacial score (nSPS) is 18.8. The van der Waals surface area contributed by atoms with E-state index >= 15 is 0 Å². The molecule has 0 spiro atoms. The van der Waals surface area contributed by atoms with Gasteiger partial charge in [-0.2, -0.15) is 0 Å². The summed E-state index contributed by atoms with van der Waals surface area (Å²) in [7, 11) is 0. The second kappa shape index (κ2) is 8.18. The SMILES string of the molecule is O=C(O)CC1(NC(=O)CCC(=O)N2CCc3sccc3C2)CCOCC1. The van der Waals surface area contributed by atoms with Gasteiger partial charge in [0.25, 0.3) is 0 Å². The molecule has 26 heavy (non-hydrogen) atoms. The number of carbonyl (C=O) groups excluding carboxylic acids is 2. The van der Waals surface area contributed by atoms with Gasteiger partial charge in [-0.3, -0.25) is 14.4 Å². The second-order valence-electron chi connectivity index (χ2n) is 6.95. The van der Waals surface area contributed by atoms with Crippen molar-refractivity contribution in [3.8, 4) is 0 Å². The van der Waals surface area contributed by atoms with Crippen molar-refractivity contribution in [3.05, 3.63) is 21.9 Å². The molecule has 2 aliphatic heterocycles. The molecule has 8 heteroatoms. The van der Waals surface area contributed by atoms with Crippen LogP contribution in [-0.4, -0.2) is 53.1 Å². The lowest BCUT2D eigenvalue weighted by molar-refractivity contribution is -0.141. The Morgan fingerprint density at radius 1 is 1.27 bits per heavy atom. The van der Waals surface area contributed by atoms with Gasteiger partial charge in [0.2, 0.25) is 11.8 Å². The van der Waals surface area contributed by atoms with Crippen LogP contribution in [0.25, 0.3) is 0 Å². The molecule has 0 atom stereocenters. The minimum Gasteiger partial charge on any atom is -0.481 e. The molecule has 2 N–H and O–H groups in total. The van der Waals surface area contributed by atoms with E-state index in [0.29, 0.717) is 39.1 Å². The van der Waals surface area contributed by atoms with E-state index in [1.54, 1.807) is 16.2 Å². The Morgan fingerprint density at radius 3 is 2.77 bits per heavy atom. The van der Waals surface area contributed by atoms with Crippen LogP contribution in [0.15, 0.2) is 11.4 Å². The predicted octanol–water partition coefficient (Wildman–Crippen LogP) is 1.55. The number of nitrogens with one attached hydrogen (secondary N) is 1. The highest BCUT2D eigenvalue weighted by atomic mass is 32.1. The molecule has 1 saturated heterocycles. The average molecular weight is 380 g/mol. The minimum absolute atomic E-state index is 0.0312. The average Bonchev–Trinajstić information content (AvgIpc) is 3.07. The van der Waals surface area contributed by atoms with Gasteiger partial charge in [-0.05, 0) is 36.3 Å². The van der Waals surface area contributed by atoms with Gasteiger partial charge in [0.15, 0.2) is 0 Å². The topological polar surface area (TPSA) is 95.9 Å². The number of hydrogen-bond acceptors (Lipinski definition) is 5. The number of rotatable bonds is 6. The van der Waals surface area contributed by atoms with Crippen LogP contribution in [0.3, 0.4) is 0 Å². The number of amides is 2. The molecule has 1 aromatic heterocycles. The van der Waals surface area contributed by atoms with E-state index in [9.17, 15) is 14.4 Å². The molecule has 0 bridgehead atoms. The number of nitrogens with zero attached hydrogens (tertiary/aromatic N) is 1. The van der Waals surface area contributed by atoms with Gasteiger partial charge in [-0.15, -0.1) is 11.3 Å². The molecule has 1 fully saturated rings. The van der Waals surface area contributed by atoms with E-state index in [4.69, 9.17) is 9.84 Å². The van der Waals surface area contributed by atoms with Crippen LogP contribution in [-0.2, 0) is 32.1 Å². The molecule has 0 saturated carbocycles. The third-order valence-corrected chi connectivity index (χ3v) is 6.09. The molecular formula is C18H24N2O5S. The van der Waals surface area contributed by atoms with E-state index in [2.05, 4.69) is 5.32 Å². The zero-order valence-corrected chi connectivity index (χ0v) is 15.5. The number of ether oxygens (including phenoxy) is 1. The number of hydrogen-bond donors (Lipinski definition) is 2. The predicted molar refractivity (Wildman–Crippen MR) is 95.9 cm³/mol. The van der Waals surface area contributed by atoms with Crippen molar-refractivity contribution >= 4 is 29.1 Å². The van der Waals surface area contributed by atoms with Gasteiger partial charge in [-0.1, -0.05) is 0 Å². The summed E-state index contributed by atoms with van der Waals surface area (Å²) >= 11 is 1.72. The number of aliphatic carboxylic acids is 1. The standard InChI is InChI=1S/C18H24N2O5S/c21-15(19-18(11-17(23)24)5-8-25-9-6-18)1-2-16(22)20-7-3-14-13(12-20)4-10-26-14/h4,10H,1-3,5-9,11-12H2,(H,19,21)(H,23,24). The molecule has 3 rings (SSSR count). The molecule has 2 amide bonds. The summed E-state index contributed by atoms with van der Waals surface area (Å²) in [6.07, 6.45) is 1.92. The largest absolute Gasteiger partial charge is 0.481 e. The summed E-state index contributed by atoms with van der Waals surface area (Å²) in [5, 5.41) is 14.1. The van der Waals surface area contributed by atoms with Gasteiger partial charge in [0.05, 0.1) is 12.0 Å². The molecule has 0 unspecified atom stereocenters. The molecule has 1 aromatic rings. The van der Waals surface area contributed by atoms with Gasteiger partial charge in [0, 0.05) is 44.0 Å². The maximum absolute atomic E-state index is 12.4.